The fourth-order valence-electron chi connectivity index (χ4n) is 0.167. The Hall–Kier alpha value is 3.45. The van der Waals surface area contributed by atoms with Crippen LogP contribution in [0, 0.1) is 0 Å². The normalized spacial score (nSPS) is 9.00. The summed E-state index contributed by atoms with van der Waals surface area (Å²) in [5.74, 6) is 2.59. The minimum atomic E-state index is -0.278. The third kappa shape index (κ3) is 30.1. The summed E-state index contributed by atoms with van der Waals surface area (Å²) < 4.78 is -0.278. The van der Waals surface area contributed by atoms with Crippen LogP contribution in [0.3, 0.4) is 0 Å². The molecule has 0 saturated heterocycles. The molecular weight excluding hydrogens is 568 g/mol. The van der Waals surface area contributed by atoms with E-state index < -0.39 is 0 Å². The summed E-state index contributed by atoms with van der Waals surface area (Å²) in [6.45, 7) is 0. The quantitative estimate of drug-likeness (QED) is 0.283. The molecule has 64 valence electrons. The molecule has 0 atom stereocenters. The van der Waals surface area contributed by atoms with Gasteiger partial charge >= 0.3 is 65.0 Å². The van der Waals surface area contributed by atoms with Crippen molar-refractivity contribution in [3.63, 3.8) is 0 Å². The van der Waals surface area contributed by atoms with Crippen molar-refractivity contribution in [1.82, 2.24) is 0 Å². The van der Waals surface area contributed by atoms with Crippen LogP contribution in [0.15, 0.2) is 0 Å². The van der Waals surface area contributed by atoms with Gasteiger partial charge in [-0.2, -0.15) is 23.5 Å². The van der Waals surface area contributed by atoms with E-state index in [2.05, 4.69) is 72.9 Å². The van der Waals surface area contributed by atoms with Crippen molar-refractivity contribution in [3.05, 3.63) is 0 Å². The summed E-state index contributed by atoms with van der Waals surface area (Å²) in [7, 11) is 0. The predicted octanol–water partition coefficient (Wildman–Crippen LogP) is 3.99. The standard InChI is InChI=1S/C4H10S2.AsI3/c1-5-3-4-6-2;2-1(3)4/h3-4H2,1-2H3;. The Morgan fingerprint density at radius 2 is 1.20 bits per heavy atom. The molecule has 6 heteroatoms. The van der Waals surface area contributed by atoms with Crippen molar-refractivity contribution in [1.29, 1.82) is 0 Å². The molecule has 0 aliphatic carbocycles. The van der Waals surface area contributed by atoms with Gasteiger partial charge in [0.05, 0.1) is 0 Å². The fraction of sp³-hybridized carbons (Fsp3) is 1.00. The molecule has 0 radical (unpaired) electrons. The van der Waals surface area contributed by atoms with Crippen LogP contribution in [0.5, 0.6) is 0 Å². The Morgan fingerprint density at radius 3 is 1.30 bits per heavy atom. The summed E-state index contributed by atoms with van der Waals surface area (Å²) in [4.78, 5) is 0. The van der Waals surface area contributed by atoms with E-state index in [1.165, 1.54) is 11.5 Å². The van der Waals surface area contributed by atoms with Crippen molar-refractivity contribution in [3.8, 4) is 0 Å². The molecule has 0 heterocycles. The first-order valence-electron chi connectivity index (χ1n) is 2.40. The van der Waals surface area contributed by atoms with Gasteiger partial charge in [0.2, 0.25) is 0 Å². The van der Waals surface area contributed by atoms with E-state index in [9.17, 15) is 0 Å². The van der Waals surface area contributed by atoms with Crippen LogP contribution < -0.4 is 0 Å². The fourth-order valence-corrected chi connectivity index (χ4v) is 1.50. The summed E-state index contributed by atoms with van der Waals surface area (Å²) in [5, 5.41) is 0. The first-order chi connectivity index (χ1) is 4.65. The van der Waals surface area contributed by atoms with E-state index in [0.717, 1.165) is 0 Å². The van der Waals surface area contributed by atoms with Crippen molar-refractivity contribution < 1.29 is 0 Å². The van der Waals surface area contributed by atoms with Gasteiger partial charge in [0.1, 0.15) is 0 Å². The number of rotatable bonds is 3. The van der Waals surface area contributed by atoms with E-state index in [-0.39, 0.29) is 4.61 Å². The first-order valence-corrected chi connectivity index (χ1v) is 22.4. The van der Waals surface area contributed by atoms with E-state index in [0.29, 0.717) is 0 Å². The van der Waals surface area contributed by atoms with Crippen molar-refractivity contribution in [2.45, 2.75) is 0 Å². The second-order valence-electron chi connectivity index (χ2n) is 1.18. The Morgan fingerprint density at radius 1 is 1.00 bits per heavy atom. The zero-order chi connectivity index (χ0) is 8.41. The van der Waals surface area contributed by atoms with Crippen LogP contribution in [0.25, 0.3) is 0 Å². The topological polar surface area (TPSA) is 0 Å². The average Bonchev–Trinajstić information content (AvgIpc) is 1.82. The second-order valence-corrected chi connectivity index (χ2v) is 47.8. The molecule has 0 fully saturated rings. The molecule has 0 aromatic carbocycles. The molecule has 0 aliphatic heterocycles. The molecule has 0 rings (SSSR count). The van der Waals surface area contributed by atoms with Gasteiger partial charge in [0.25, 0.3) is 0 Å². The molecule has 10 heavy (non-hydrogen) atoms. The molecule has 0 saturated carbocycles. The molecule has 0 bridgehead atoms. The van der Waals surface area contributed by atoms with Crippen LogP contribution >= 0.6 is 83.9 Å². The predicted molar refractivity (Wildman–Crippen MR) is 84.6 cm³/mol. The van der Waals surface area contributed by atoms with Gasteiger partial charge in [-0.15, -0.1) is 0 Å². The van der Waals surface area contributed by atoms with Crippen molar-refractivity contribution in [2.75, 3.05) is 24.0 Å². The molecule has 0 aromatic rings. The third-order valence-electron chi connectivity index (χ3n) is 0.492. The van der Waals surface area contributed by atoms with Crippen LogP contribution in [0.2, 0.25) is 0 Å². The van der Waals surface area contributed by atoms with Gasteiger partial charge < -0.3 is 0 Å². The van der Waals surface area contributed by atoms with Crippen molar-refractivity contribution in [2.24, 2.45) is 0 Å². The van der Waals surface area contributed by atoms with E-state index in [1.807, 2.05) is 23.5 Å². The van der Waals surface area contributed by atoms with Crippen molar-refractivity contribution >= 4 is 88.5 Å². The van der Waals surface area contributed by atoms with Crippen LogP contribution in [-0.2, 0) is 0 Å². The molecule has 0 amide bonds. The molecule has 0 nitrogen and oxygen atoms in total. The number of hydrogen-bond acceptors (Lipinski definition) is 2. The maximum atomic E-state index is 2.46. The monoisotopic (exact) mass is 578 g/mol. The molecule has 0 spiro atoms. The zero-order valence-corrected chi connectivity index (χ0v) is 15.8. The summed E-state index contributed by atoms with van der Waals surface area (Å²) in [6, 6.07) is 0. The maximum absolute atomic E-state index is 2.46. The van der Waals surface area contributed by atoms with Crippen LogP contribution in [-0.4, -0.2) is 28.6 Å². The first kappa shape index (κ1) is 15.9. The summed E-state index contributed by atoms with van der Waals surface area (Å²) >= 11 is 11.2. The Kier molecular flexibility index (Phi) is 23.8. The molecule has 0 aliphatic rings. The van der Waals surface area contributed by atoms with Gasteiger partial charge in [-0.1, -0.05) is 0 Å². The number of halogens is 3. The second kappa shape index (κ2) is 14.9. The zero-order valence-electron chi connectivity index (χ0n) is 5.81. The molecule has 0 unspecified atom stereocenters. The van der Waals surface area contributed by atoms with E-state index in [1.54, 1.807) is 0 Å². The molecule has 0 N–H and O–H groups in total. The van der Waals surface area contributed by atoms with E-state index >= 15 is 0 Å². The van der Waals surface area contributed by atoms with Gasteiger partial charge in [-0.05, 0) is 12.5 Å². The Balaban J connectivity index is 0. The SMILES string of the molecule is CSCCSC.I[As](I)I. The van der Waals surface area contributed by atoms with Crippen LogP contribution in [0.4, 0.5) is 0 Å². The van der Waals surface area contributed by atoms with Gasteiger partial charge in [-0.25, -0.2) is 0 Å². The van der Waals surface area contributed by atoms with Gasteiger partial charge in [0, 0.05) is 11.5 Å². The average molecular weight is 578 g/mol. The Labute approximate surface area is 110 Å². The van der Waals surface area contributed by atoms with Crippen LogP contribution in [0.1, 0.15) is 0 Å². The summed E-state index contributed by atoms with van der Waals surface area (Å²) in [5.41, 5.74) is 0. The third-order valence-corrected chi connectivity index (χ3v) is 1.97. The summed E-state index contributed by atoms with van der Waals surface area (Å²) in [6.07, 6.45) is 4.27. The minimum absolute atomic E-state index is 0.278. The van der Waals surface area contributed by atoms with Gasteiger partial charge in [-0.3, -0.25) is 0 Å². The Bertz CT molecular complexity index is 49.0. The molecular formula is C4H10AsI3S2. The van der Waals surface area contributed by atoms with E-state index in [4.69, 9.17) is 0 Å². The molecule has 0 aromatic heterocycles. The number of hydrogen-bond donors (Lipinski definition) is 0. The number of thioether (sulfide) groups is 2. The van der Waals surface area contributed by atoms with Gasteiger partial charge in [0.15, 0.2) is 0 Å².